The van der Waals surface area contributed by atoms with Crippen LogP contribution in [-0.4, -0.2) is 31.7 Å². The van der Waals surface area contributed by atoms with Gasteiger partial charge in [0.15, 0.2) is 0 Å². The molecule has 0 unspecified atom stereocenters. The summed E-state index contributed by atoms with van der Waals surface area (Å²) in [6.07, 6.45) is 3.45. The summed E-state index contributed by atoms with van der Waals surface area (Å²) in [6.45, 7) is 1.28. The highest BCUT2D eigenvalue weighted by atomic mass is 19.1. The Labute approximate surface area is 263 Å². The van der Waals surface area contributed by atoms with Gasteiger partial charge < -0.3 is 15.4 Å². The highest BCUT2D eigenvalue weighted by Gasteiger charge is 2.30. The summed E-state index contributed by atoms with van der Waals surface area (Å²) in [7, 11) is 0. The van der Waals surface area contributed by atoms with Crippen LogP contribution in [-0.2, 0) is 9.53 Å². The third-order valence-corrected chi connectivity index (χ3v) is 9.37. The van der Waals surface area contributed by atoms with Gasteiger partial charge in [0.1, 0.15) is 18.2 Å². The molecule has 0 bridgehead atoms. The number of alkyl carbamates (subject to hydrolysis) is 1. The van der Waals surface area contributed by atoms with Crippen molar-refractivity contribution in [2.45, 2.75) is 43.9 Å². The Kier molecular flexibility index (Phi) is 9.53. The molecule has 0 heterocycles. The molecule has 1 saturated carbocycles. The van der Waals surface area contributed by atoms with Crippen LogP contribution in [0.4, 0.5) is 13.6 Å². The number of carbonyl (C=O) groups is 2. The van der Waals surface area contributed by atoms with E-state index < -0.39 is 6.09 Å². The van der Waals surface area contributed by atoms with E-state index in [9.17, 15) is 18.4 Å². The van der Waals surface area contributed by atoms with Crippen LogP contribution >= 0.6 is 0 Å². The summed E-state index contributed by atoms with van der Waals surface area (Å²) in [5, 5.41) is 6.04. The molecular weight excluding hydrogens is 570 g/mol. The minimum Gasteiger partial charge on any atom is -0.449 e. The summed E-state index contributed by atoms with van der Waals surface area (Å²) in [5.74, 6) is -0.412. The predicted molar refractivity (Wildman–Crippen MR) is 171 cm³/mol. The zero-order chi connectivity index (χ0) is 31.2. The van der Waals surface area contributed by atoms with Gasteiger partial charge in [0.25, 0.3) is 0 Å². The second-order valence-corrected chi connectivity index (χ2v) is 12.2. The maximum Gasteiger partial charge on any atom is 0.407 e. The molecule has 0 aliphatic heterocycles. The summed E-state index contributed by atoms with van der Waals surface area (Å²) in [6, 6.07) is 29.2. The number of ether oxygens (including phenoxy) is 1. The van der Waals surface area contributed by atoms with Crippen LogP contribution in [0, 0.1) is 23.5 Å². The van der Waals surface area contributed by atoms with Crippen molar-refractivity contribution in [1.29, 1.82) is 0 Å². The van der Waals surface area contributed by atoms with E-state index in [2.05, 4.69) is 34.9 Å². The van der Waals surface area contributed by atoms with Gasteiger partial charge in [-0.05, 0) is 95.7 Å². The molecule has 0 spiro atoms. The summed E-state index contributed by atoms with van der Waals surface area (Å²) in [4.78, 5) is 25.6. The topological polar surface area (TPSA) is 67.4 Å². The number of amides is 2. The van der Waals surface area contributed by atoms with Crippen molar-refractivity contribution in [2.75, 3.05) is 19.7 Å². The third-order valence-electron chi connectivity index (χ3n) is 9.37. The minimum atomic E-state index is -0.409. The molecule has 0 saturated heterocycles. The Hall–Kier alpha value is -4.52. The van der Waals surface area contributed by atoms with Gasteiger partial charge in [0.05, 0.1) is 0 Å². The van der Waals surface area contributed by atoms with Crippen LogP contribution in [0.5, 0.6) is 0 Å². The van der Waals surface area contributed by atoms with Gasteiger partial charge in [-0.3, -0.25) is 4.79 Å². The Morgan fingerprint density at radius 3 is 1.80 bits per heavy atom. The first-order chi connectivity index (χ1) is 22.0. The third kappa shape index (κ3) is 7.25. The van der Waals surface area contributed by atoms with Crippen LogP contribution in [0.1, 0.15) is 66.2 Å². The number of halogens is 2. The second kappa shape index (κ2) is 14.1. The number of nitrogens with one attached hydrogen (secondary N) is 2. The molecule has 1 fully saturated rings. The van der Waals surface area contributed by atoms with E-state index in [1.807, 2.05) is 24.3 Å². The highest BCUT2D eigenvalue weighted by molar-refractivity contribution is 5.79. The maximum absolute atomic E-state index is 13.5. The van der Waals surface area contributed by atoms with E-state index in [4.69, 9.17) is 4.74 Å². The number of fused-ring (bicyclic) bond motifs is 3. The average molecular weight is 609 g/mol. The largest absolute Gasteiger partial charge is 0.449 e. The number of hydrogen-bond donors (Lipinski definition) is 2. The maximum atomic E-state index is 13.5. The molecule has 0 aromatic heterocycles. The molecule has 2 amide bonds. The average Bonchev–Trinajstić information content (AvgIpc) is 3.39. The van der Waals surface area contributed by atoms with Gasteiger partial charge in [-0.15, -0.1) is 0 Å². The lowest BCUT2D eigenvalue weighted by Gasteiger charge is -2.28. The fourth-order valence-corrected chi connectivity index (χ4v) is 6.91. The van der Waals surface area contributed by atoms with E-state index in [-0.39, 0.29) is 41.9 Å². The Morgan fingerprint density at radius 1 is 0.711 bits per heavy atom. The number of hydrogen-bond acceptors (Lipinski definition) is 3. The summed E-state index contributed by atoms with van der Waals surface area (Å²) in [5.41, 5.74) is 6.60. The lowest BCUT2D eigenvalue weighted by atomic mass is 9.81. The minimum absolute atomic E-state index is 0.0266. The fourth-order valence-electron chi connectivity index (χ4n) is 6.91. The predicted octanol–water partition coefficient (Wildman–Crippen LogP) is 7.95. The molecule has 0 radical (unpaired) electrons. The van der Waals surface area contributed by atoms with Gasteiger partial charge in [0.2, 0.25) is 5.91 Å². The van der Waals surface area contributed by atoms with Crippen molar-refractivity contribution in [2.24, 2.45) is 11.8 Å². The molecule has 2 aliphatic rings. The SMILES string of the molecule is O=C(NCC1CCC(C(=O)NCCC(c2ccc(F)cc2)c2ccc(F)cc2)CC1)OCC1c2ccccc2-c2ccccc21. The standard InChI is InChI=1S/C38H38F2N2O3/c39-29-17-13-26(14-18-29)31(27-15-19-30(40)20-16-27)21-22-41-37(43)28-11-9-25(10-12-28)23-42-38(44)45-24-36-34-7-3-1-5-32(34)33-6-2-4-8-35(33)36/h1-8,13-20,25,28,31,36H,9-12,21-24H2,(H,41,43)(H,42,44). The molecule has 7 heteroatoms. The van der Waals surface area contributed by atoms with E-state index >= 15 is 0 Å². The van der Waals surface area contributed by atoms with Gasteiger partial charge in [-0.2, -0.15) is 0 Å². The zero-order valence-electron chi connectivity index (χ0n) is 25.2. The van der Waals surface area contributed by atoms with E-state index in [0.717, 1.165) is 36.8 Å². The molecule has 45 heavy (non-hydrogen) atoms. The smallest absolute Gasteiger partial charge is 0.407 e. The van der Waals surface area contributed by atoms with Crippen LogP contribution < -0.4 is 10.6 Å². The molecule has 2 N–H and O–H groups in total. The molecule has 5 nitrogen and oxygen atoms in total. The molecule has 0 atom stereocenters. The summed E-state index contributed by atoms with van der Waals surface area (Å²) >= 11 is 0. The van der Waals surface area contributed by atoms with Gasteiger partial charge in [-0.25, -0.2) is 13.6 Å². The van der Waals surface area contributed by atoms with Crippen molar-refractivity contribution in [3.05, 3.63) is 131 Å². The van der Waals surface area contributed by atoms with E-state index in [1.54, 1.807) is 24.3 Å². The monoisotopic (exact) mass is 608 g/mol. The highest BCUT2D eigenvalue weighted by Crippen LogP contribution is 2.44. The van der Waals surface area contributed by atoms with Gasteiger partial charge in [0, 0.05) is 30.8 Å². The number of rotatable bonds is 10. The lowest BCUT2D eigenvalue weighted by Crippen LogP contribution is -2.37. The normalized spacial score (nSPS) is 17.4. The number of carbonyl (C=O) groups excluding carboxylic acids is 2. The van der Waals surface area contributed by atoms with Gasteiger partial charge in [-0.1, -0.05) is 72.8 Å². The van der Waals surface area contributed by atoms with Gasteiger partial charge >= 0.3 is 6.09 Å². The molecular formula is C38H38F2N2O3. The first-order valence-corrected chi connectivity index (χ1v) is 15.8. The van der Waals surface area contributed by atoms with Crippen LogP contribution in [0.15, 0.2) is 97.1 Å². The Bertz CT molecular complexity index is 1520. The van der Waals surface area contributed by atoms with Crippen LogP contribution in [0.3, 0.4) is 0 Å². The molecule has 4 aromatic rings. The molecule has 2 aliphatic carbocycles. The Morgan fingerprint density at radius 2 is 1.24 bits per heavy atom. The number of benzene rings is 4. The van der Waals surface area contributed by atoms with Crippen molar-refractivity contribution < 1.29 is 23.1 Å². The second-order valence-electron chi connectivity index (χ2n) is 12.2. The van der Waals surface area contributed by atoms with E-state index in [0.29, 0.717) is 25.4 Å². The van der Waals surface area contributed by atoms with Crippen molar-refractivity contribution in [1.82, 2.24) is 10.6 Å². The first-order valence-electron chi connectivity index (χ1n) is 15.8. The van der Waals surface area contributed by atoms with Crippen LogP contribution in [0.25, 0.3) is 11.1 Å². The quantitative estimate of drug-likeness (QED) is 0.192. The molecule has 4 aromatic carbocycles. The fraction of sp³-hybridized carbons (Fsp3) is 0.316. The first kappa shape index (κ1) is 30.5. The van der Waals surface area contributed by atoms with Crippen molar-refractivity contribution >= 4 is 12.0 Å². The Balaban J connectivity index is 0.931. The van der Waals surface area contributed by atoms with Crippen LogP contribution in [0.2, 0.25) is 0 Å². The summed E-state index contributed by atoms with van der Waals surface area (Å²) < 4.78 is 32.7. The lowest BCUT2D eigenvalue weighted by molar-refractivity contribution is -0.126. The molecule has 6 rings (SSSR count). The van der Waals surface area contributed by atoms with E-state index in [1.165, 1.54) is 46.5 Å². The molecule has 232 valence electrons. The zero-order valence-corrected chi connectivity index (χ0v) is 25.2. The van der Waals surface area contributed by atoms with Crippen molar-refractivity contribution in [3.63, 3.8) is 0 Å². The van der Waals surface area contributed by atoms with Crippen molar-refractivity contribution in [3.8, 4) is 11.1 Å².